The molecule has 5 heteroatoms. The van der Waals surface area contributed by atoms with Crippen LogP contribution < -0.4 is 20.1 Å². The molecule has 0 bridgehead atoms. The summed E-state index contributed by atoms with van der Waals surface area (Å²) in [6.45, 7) is 2.05. The minimum atomic E-state index is 0.0113. The first-order valence-corrected chi connectivity index (χ1v) is 6.68. The van der Waals surface area contributed by atoms with E-state index in [4.69, 9.17) is 9.47 Å². The number of amides is 1. The lowest BCUT2D eigenvalue weighted by Gasteiger charge is -2.08. The average molecular weight is 262 g/mol. The molecule has 1 heterocycles. The molecule has 1 aliphatic carbocycles. The van der Waals surface area contributed by atoms with E-state index >= 15 is 0 Å². The Morgan fingerprint density at radius 1 is 1.32 bits per heavy atom. The van der Waals surface area contributed by atoms with Gasteiger partial charge < -0.3 is 20.1 Å². The largest absolute Gasteiger partial charge is 0.454 e. The Balaban J connectivity index is 1.46. The third-order valence-electron chi connectivity index (χ3n) is 3.37. The van der Waals surface area contributed by atoms with Crippen molar-refractivity contribution >= 4 is 5.91 Å². The molecule has 102 valence electrons. The van der Waals surface area contributed by atoms with Gasteiger partial charge >= 0.3 is 0 Å². The summed E-state index contributed by atoms with van der Waals surface area (Å²) >= 11 is 0. The van der Waals surface area contributed by atoms with Crippen LogP contribution >= 0.6 is 0 Å². The third-order valence-corrected chi connectivity index (χ3v) is 3.37. The van der Waals surface area contributed by atoms with Crippen LogP contribution in [-0.4, -0.2) is 25.8 Å². The third kappa shape index (κ3) is 3.17. The zero-order valence-corrected chi connectivity index (χ0v) is 10.8. The van der Waals surface area contributed by atoms with Crippen molar-refractivity contribution in [3.8, 4) is 11.5 Å². The molecule has 1 amide bonds. The summed E-state index contributed by atoms with van der Waals surface area (Å²) in [5.41, 5.74) is 0.950. The number of benzene rings is 1. The highest BCUT2D eigenvalue weighted by Crippen LogP contribution is 2.35. The fraction of sp³-hybridized carbons (Fsp3) is 0.500. The second-order valence-electron chi connectivity index (χ2n) is 5.00. The van der Waals surface area contributed by atoms with Gasteiger partial charge in [-0.15, -0.1) is 0 Å². The van der Waals surface area contributed by atoms with Crippen molar-refractivity contribution in [1.82, 2.24) is 10.6 Å². The molecule has 1 aromatic rings. The summed E-state index contributed by atoms with van der Waals surface area (Å²) < 4.78 is 10.7. The highest BCUT2D eigenvalue weighted by atomic mass is 16.7. The van der Waals surface area contributed by atoms with Crippen molar-refractivity contribution in [2.45, 2.75) is 19.4 Å². The smallest absolute Gasteiger partial charge is 0.234 e. The van der Waals surface area contributed by atoms with E-state index in [-0.39, 0.29) is 12.7 Å². The Bertz CT molecular complexity index is 472. The normalized spacial score (nSPS) is 16.4. The van der Waals surface area contributed by atoms with Gasteiger partial charge in [0.05, 0.1) is 6.54 Å². The fourth-order valence-corrected chi connectivity index (χ4v) is 2.10. The Morgan fingerprint density at radius 3 is 3.05 bits per heavy atom. The summed E-state index contributed by atoms with van der Waals surface area (Å²) in [5, 5.41) is 6.05. The van der Waals surface area contributed by atoms with Crippen molar-refractivity contribution in [3.05, 3.63) is 23.8 Å². The molecule has 0 aromatic heterocycles. The summed E-state index contributed by atoms with van der Waals surface area (Å²) in [6, 6.07) is 5.70. The highest BCUT2D eigenvalue weighted by molar-refractivity contribution is 5.78. The van der Waals surface area contributed by atoms with Gasteiger partial charge in [0.15, 0.2) is 11.5 Å². The molecule has 1 aliphatic heterocycles. The molecule has 1 fully saturated rings. The van der Waals surface area contributed by atoms with Crippen LogP contribution in [0, 0.1) is 5.92 Å². The Morgan fingerprint density at radius 2 is 2.21 bits per heavy atom. The van der Waals surface area contributed by atoms with Gasteiger partial charge in [0.1, 0.15) is 0 Å². The van der Waals surface area contributed by atoms with Crippen LogP contribution in [0.4, 0.5) is 0 Å². The maximum Gasteiger partial charge on any atom is 0.234 e. The maximum atomic E-state index is 11.7. The number of hydrogen-bond acceptors (Lipinski definition) is 4. The topological polar surface area (TPSA) is 59.6 Å². The number of fused-ring (bicyclic) bond motifs is 1. The molecule has 0 radical (unpaired) electrons. The summed E-state index contributed by atoms with van der Waals surface area (Å²) in [6.07, 6.45) is 2.59. The number of ether oxygens (including phenoxy) is 2. The van der Waals surface area contributed by atoms with E-state index in [1.165, 1.54) is 12.8 Å². The molecule has 1 saturated carbocycles. The van der Waals surface area contributed by atoms with E-state index in [1.54, 1.807) is 0 Å². The predicted octanol–water partition coefficient (Wildman–Crippen LogP) is 1.03. The summed E-state index contributed by atoms with van der Waals surface area (Å²) in [4.78, 5) is 11.7. The zero-order valence-electron chi connectivity index (χ0n) is 10.8. The van der Waals surface area contributed by atoms with Crippen molar-refractivity contribution in [2.24, 2.45) is 5.92 Å². The highest BCUT2D eigenvalue weighted by Gasteiger charge is 2.21. The first-order valence-electron chi connectivity index (χ1n) is 6.68. The molecule has 0 unspecified atom stereocenters. The number of rotatable bonds is 6. The van der Waals surface area contributed by atoms with E-state index < -0.39 is 0 Å². The quantitative estimate of drug-likeness (QED) is 0.804. The second kappa shape index (κ2) is 5.48. The lowest BCUT2D eigenvalue weighted by molar-refractivity contribution is -0.120. The molecular formula is C14H18N2O3. The van der Waals surface area contributed by atoms with Crippen LogP contribution in [0.3, 0.4) is 0 Å². The van der Waals surface area contributed by atoms with Crippen LogP contribution in [0.25, 0.3) is 0 Å². The van der Waals surface area contributed by atoms with E-state index in [9.17, 15) is 4.79 Å². The number of carbonyl (C=O) groups excluding carboxylic acids is 1. The van der Waals surface area contributed by atoms with Gasteiger partial charge in [0.25, 0.3) is 0 Å². The van der Waals surface area contributed by atoms with Gasteiger partial charge in [-0.1, -0.05) is 12.1 Å². The van der Waals surface area contributed by atoms with Gasteiger partial charge in [-0.05, 0) is 31.4 Å². The second-order valence-corrected chi connectivity index (χ2v) is 5.00. The first kappa shape index (κ1) is 12.3. The van der Waals surface area contributed by atoms with E-state index in [0.717, 1.165) is 29.5 Å². The monoisotopic (exact) mass is 262 g/mol. The van der Waals surface area contributed by atoms with Crippen molar-refractivity contribution in [2.75, 3.05) is 19.9 Å². The van der Waals surface area contributed by atoms with Gasteiger partial charge in [-0.2, -0.15) is 0 Å². The van der Waals surface area contributed by atoms with Gasteiger partial charge in [0.2, 0.25) is 12.7 Å². The predicted molar refractivity (Wildman–Crippen MR) is 70.0 cm³/mol. The number of hydrogen-bond donors (Lipinski definition) is 2. The Hall–Kier alpha value is -1.75. The molecule has 5 nitrogen and oxygen atoms in total. The molecule has 1 aromatic carbocycles. The Labute approximate surface area is 112 Å². The maximum absolute atomic E-state index is 11.7. The van der Waals surface area contributed by atoms with Crippen molar-refractivity contribution < 1.29 is 14.3 Å². The summed E-state index contributed by atoms with van der Waals surface area (Å²) in [5.74, 6) is 2.29. The lowest BCUT2D eigenvalue weighted by Crippen LogP contribution is -2.34. The molecule has 19 heavy (non-hydrogen) atoms. The van der Waals surface area contributed by atoms with Crippen molar-refractivity contribution in [3.63, 3.8) is 0 Å². The first-order chi connectivity index (χ1) is 9.33. The molecule has 2 N–H and O–H groups in total. The lowest BCUT2D eigenvalue weighted by atomic mass is 10.2. The molecule has 2 aliphatic rings. The molecule has 0 atom stereocenters. The average Bonchev–Trinajstić information content (AvgIpc) is 3.11. The van der Waals surface area contributed by atoms with E-state index in [1.807, 2.05) is 18.2 Å². The van der Waals surface area contributed by atoms with Crippen LogP contribution in [-0.2, 0) is 11.3 Å². The number of carbonyl (C=O) groups is 1. The minimum absolute atomic E-state index is 0.0113. The molecular weight excluding hydrogens is 244 g/mol. The van der Waals surface area contributed by atoms with E-state index in [2.05, 4.69) is 10.6 Å². The zero-order chi connectivity index (χ0) is 13.1. The van der Waals surface area contributed by atoms with Crippen molar-refractivity contribution in [1.29, 1.82) is 0 Å². The van der Waals surface area contributed by atoms with Gasteiger partial charge in [0, 0.05) is 12.1 Å². The Kier molecular flexibility index (Phi) is 3.55. The standard InChI is InChI=1S/C14H18N2O3/c17-13(8-15-6-10-4-5-10)16-7-11-2-1-3-12-14(11)19-9-18-12/h1-3,10,15H,4-9H2,(H,16,17). The molecule has 3 rings (SSSR count). The van der Waals surface area contributed by atoms with Crippen LogP contribution in [0.1, 0.15) is 18.4 Å². The van der Waals surface area contributed by atoms with Crippen LogP contribution in [0.2, 0.25) is 0 Å². The van der Waals surface area contributed by atoms with Gasteiger partial charge in [-0.3, -0.25) is 4.79 Å². The number of para-hydroxylation sites is 1. The molecule has 0 saturated heterocycles. The fourth-order valence-electron chi connectivity index (χ4n) is 2.10. The van der Waals surface area contributed by atoms with Crippen LogP contribution in [0.15, 0.2) is 18.2 Å². The van der Waals surface area contributed by atoms with Gasteiger partial charge in [-0.25, -0.2) is 0 Å². The summed E-state index contributed by atoms with van der Waals surface area (Å²) in [7, 11) is 0. The number of nitrogens with one attached hydrogen (secondary N) is 2. The minimum Gasteiger partial charge on any atom is -0.454 e. The SMILES string of the molecule is O=C(CNCC1CC1)NCc1cccc2c1OCO2. The van der Waals surface area contributed by atoms with Crippen LogP contribution in [0.5, 0.6) is 11.5 Å². The molecule has 0 spiro atoms. The van der Waals surface area contributed by atoms with E-state index in [0.29, 0.717) is 13.1 Å².